The predicted octanol–water partition coefficient (Wildman–Crippen LogP) is -0.711. The van der Waals surface area contributed by atoms with E-state index in [1.54, 1.807) is 22.5 Å². The van der Waals surface area contributed by atoms with Crippen molar-refractivity contribution < 1.29 is 16.4 Å². The van der Waals surface area contributed by atoms with Gasteiger partial charge in [-0.3, -0.25) is 0 Å². The van der Waals surface area contributed by atoms with Gasteiger partial charge in [-0.05, 0) is 0 Å². The Morgan fingerprint density at radius 1 is 1.11 bits per heavy atom. The van der Waals surface area contributed by atoms with Crippen molar-refractivity contribution in [3.8, 4) is 0 Å². The number of rotatable bonds is 1. The zero-order chi connectivity index (χ0) is 5.21. The topological polar surface area (TPSA) is 94.5 Å². The van der Waals surface area contributed by atoms with Gasteiger partial charge in [-0.2, -0.15) is 0 Å². The summed E-state index contributed by atoms with van der Waals surface area (Å²) in [5.41, 5.74) is 0. The van der Waals surface area contributed by atoms with Crippen molar-refractivity contribution in [2.75, 3.05) is 0 Å². The van der Waals surface area contributed by atoms with Crippen LogP contribution in [0, 0.1) is 0 Å². The summed E-state index contributed by atoms with van der Waals surface area (Å²) in [6.45, 7) is 6.80. The maximum atomic E-state index is 2.28. The van der Waals surface area contributed by atoms with Crippen LogP contribution in [0.2, 0.25) is 3.43 Å². The van der Waals surface area contributed by atoms with Crippen LogP contribution in [0.3, 0.4) is 0 Å². The van der Waals surface area contributed by atoms with E-state index in [1.165, 1.54) is 6.42 Å². The van der Waals surface area contributed by atoms with E-state index < -0.39 is 0 Å². The van der Waals surface area contributed by atoms with E-state index in [4.69, 9.17) is 0 Å². The fourth-order valence-electron chi connectivity index (χ4n) is 0. The smallest absolute Gasteiger partial charge is 0.412 e. The van der Waals surface area contributed by atoms with E-state index in [-0.39, 0.29) is 16.4 Å². The minimum Gasteiger partial charge on any atom is -0.412 e. The van der Waals surface area contributed by atoms with E-state index in [9.17, 15) is 0 Å². The van der Waals surface area contributed by atoms with Crippen LogP contribution in [0.4, 0.5) is 0 Å². The molecule has 59 valence electrons. The van der Waals surface area contributed by atoms with Gasteiger partial charge in [-0.15, -0.1) is 0 Å². The summed E-state index contributed by atoms with van der Waals surface area (Å²) >= 11 is 1.65. The van der Waals surface area contributed by atoms with Crippen LogP contribution in [-0.2, 0) is 0 Å². The van der Waals surface area contributed by atoms with Crippen LogP contribution >= 0.6 is 0 Å². The van der Waals surface area contributed by atoms with Crippen LogP contribution in [0.15, 0.2) is 0 Å². The molecule has 0 aliphatic rings. The SMILES string of the molecule is CC[C](C)(C)[Sn].O.O.O. The molecule has 0 aromatic rings. The minimum absolute atomic E-state index is 0. The Morgan fingerprint density at radius 2 is 1.22 bits per heavy atom. The molecule has 0 saturated heterocycles. The molecule has 0 aromatic carbocycles. The Bertz CT molecular complexity index is 42.0. The van der Waals surface area contributed by atoms with Crippen molar-refractivity contribution in [2.45, 2.75) is 30.6 Å². The molecule has 0 bridgehead atoms. The molecule has 0 aliphatic heterocycles. The zero-order valence-electron chi connectivity index (χ0n) is 6.21. The fourth-order valence-corrected chi connectivity index (χ4v) is 0. The van der Waals surface area contributed by atoms with Crippen LogP contribution in [0.1, 0.15) is 27.2 Å². The van der Waals surface area contributed by atoms with Gasteiger partial charge in [-0.1, -0.05) is 0 Å². The number of hydrogen-bond acceptors (Lipinski definition) is 0. The van der Waals surface area contributed by atoms with Gasteiger partial charge in [0.2, 0.25) is 0 Å². The summed E-state index contributed by atoms with van der Waals surface area (Å²) < 4.78 is 0.632. The summed E-state index contributed by atoms with van der Waals surface area (Å²) in [6, 6.07) is 0. The van der Waals surface area contributed by atoms with Crippen molar-refractivity contribution in [3.63, 3.8) is 0 Å². The minimum atomic E-state index is 0. The standard InChI is InChI=1S/C5H11.3H2O.Sn/c1-4-5(2)3;;;;/h4H2,1-3H3;3*1H2;. The third-order valence-electron chi connectivity index (χ3n) is 0.884. The molecule has 3 nitrogen and oxygen atoms in total. The van der Waals surface area contributed by atoms with Gasteiger partial charge in [0.25, 0.3) is 0 Å². The maximum absolute atomic E-state index is 2.28. The zero-order valence-corrected chi connectivity index (χ0v) is 9.06. The van der Waals surface area contributed by atoms with Gasteiger partial charge in [0.05, 0.1) is 0 Å². The molecule has 0 saturated carbocycles. The van der Waals surface area contributed by atoms with E-state index in [0.717, 1.165) is 0 Å². The van der Waals surface area contributed by atoms with E-state index in [1.807, 2.05) is 0 Å². The molecule has 0 spiro atoms. The quantitative estimate of drug-likeness (QED) is 0.544. The molecular weight excluding hydrogens is 227 g/mol. The first-order chi connectivity index (χ1) is 2.56. The summed E-state index contributed by atoms with van der Waals surface area (Å²) in [4.78, 5) is 0. The van der Waals surface area contributed by atoms with Crippen LogP contribution in [0.5, 0.6) is 0 Å². The second kappa shape index (κ2) is 8.68. The van der Waals surface area contributed by atoms with Crippen molar-refractivity contribution in [1.82, 2.24) is 0 Å². The average Bonchev–Trinajstić information content (AvgIpc) is 1.35. The second-order valence-corrected chi connectivity index (χ2v) is 6.10. The Morgan fingerprint density at radius 3 is 1.22 bits per heavy atom. The monoisotopic (exact) mass is 245 g/mol. The molecule has 0 rings (SSSR count). The molecule has 0 aliphatic carbocycles. The van der Waals surface area contributed by atoms with Gasteiger partial charge in [-0.25, -0.2) is 0 Å². The molecular formula is C5H17O3Sn. The molecule has 6 N–H and O–H groups in total. The molecule has 3 radical (unpaired) electrons. The van der Waals surface area contributed by atoms with Crippen LogP contribution < -0.4 is 0 Å². The Labute approximate surface area is 69.9 Å². The molecule has 0 amide bonds. The van der Waals surface area contributed by atoms with Crippen molar-refractivity contribution in [1.29, 1.82) is 0 Å². The molecule has 0 aromatic heterocycles. The fraction of sp³-hybridized carbons (Fsp3) is 1.00. The Balaban J connectivity index is -0.0000000417. The molecule has 9 heavy (non-hydrogen) atoms. The van der Waals surface area contributed by atoms with E-state index in [2.05, 4.69) is 20.8 Å². The first-order valence-electron chi connectivity index (χ1n) is 2.31. The maximum Gasteiger partial charge on any atom is -0.412 e. The van der Waals surface area contributed by atoms with Gasteiger partial charge in [0.15, 0.2) is 0 Å². The van der Waals surface area contributed by atoms with Gasteiger partial charge in [0, 0.05) is 0 Å². The molecule has 0 fully saturated rings. The second-order valence-electron chi connectivity index (χ2n) is 2.24. The average molecular weight is 244 g/mol. The first kappa shape index (κ1) is 22.6. The first-order valence-corrected chi connectivity index (χ1v) is 3.74. The Hall–Kier alpha value is 0.679. The summed E-state index contributed by atoms with van der Waals surface area (Å²) in [7, 11) is 0. The van der Waals surface area contributed by atoms with Crippen molar-refractivity contribution in [3.05, 3.63) is 0 Å². The van der Waals surface area contributed by atoms with Crippen LogP contribution in [-0.4, -0.2) is 39.0 Å². The third-order valence-corrected chi connectivity index (χ3v) is 1.89. The van der Waals surface area contributed by atoms with Crippen molar-refractivity contribution >= 4 is 22.5 Å². The summed E-state index contributed by atoms with van der Waals surface area (Å²) in [5.74, 6) is 0. The normalized spacial score (nSPS) is 8.00. The largest absolute Gasteiger partial charge is 0.412 e. The molecule has 0 atom stereocenters. The van der Waals surface area contributed by atoms with E-state index in [0.29, 0.717) is 3.43 Å². The van der Waals surface area contributed by atoms with Crippen LogP contribution in [0.25, 0.3) is 0 Å². The molecule has 0 heterocycles. The van der Waals surface area contributed by atoms with E-state index >= 15 is 0 Å². The predicted molar refractivity (Wildman–Crippen MR) is 40.9 cm³/mol. The number of hydrogen-bond donors (Lipinski definition) is 0. The summed E-state index contributed by atoms with van der Waals surface area (Å²) in [5, 5.41) is 0. The third kappa shape index (κ3) is 28.6. The molecule has 0 unspecified atom stereocenters. The summed E-state index contributed by atoms with van der Waals surface area (Å²) in [6.07, 6.45) is 1.31. The van der Waals surface area contributed by atoms with Gasteiger partial charge < -0.3 is 16.4 Å². The molecule has 4 heteroatoms. The van der Waals surface area contributed by atoms with Gasteiger partial charge >= 0.3 is 53.1 Å². The van der Waals surface area contributed by atoms with Gasteiger partial charge in [0.1, 0.15) is 0 Å². The Kier molecular flexibility index (Phi) is 21.8. The van der Waals surface area contributed by atoms with Crippen molar-refractivity contribution in [2.24, 2.45) is 0 Å².